The predicted molar refractivity (Wildman–Crippen MR) is 66.4 cm³/mol. The summed E-state index contributed by atoms with van der Waals surface area (Å²) in [6, 6.07) is 1.15. The summed E-state index contributed by atoms with van der Waals surface area (Å²) in [5.74, 6) is 0.748. The van der Waals surface area contributed by atoms with Crippen molar-refractivity contribution >= 4 is 0 Å². The quantitative estimate of drug-likeness (QED) is 0.777. The average Bonchev–Trinajstić information content (AvgIpc) is 2.57. The topological polar surface area (TPSA) is 38.5 Å². The Bertz CT molecular complexity index is 192. The molecule has 0 aromatic heterocycles. The molecule has 0 radical (unpaired) electrons. The standard InChI is InChI=1S/C13H26N2O/c1-11(14)12-4-7-15(8-5-12)13-3-2-9-16-10-6-13/h11-13H,2-10,14H2,1H3. The summed E-state index contributed by atoms with van der Waals surface area (Å²) in [6.07, 6.45) is 6.35. The number of piperidine rings is 1. The molecular formula is C13H26N2O. The van der Waals surface area contributed by atoms with Gasteiger partial charge in [0.05, 0.1) is 0 Å². The molecule has 2 unspecified atom stereocenters. The minimum atomic E-state index is 0.375. The van der Waals surface area contributed by atoms with Gasteiger partial charge >= 0.3 is 0 Å². The van der Waals surface area contributed by atoms with E-state index in [1.807, 2.05) is 0 Å². The van der Waals surface area contributed by atoms with Gasteiger partial charge in [-0.05, 0) is 58.0 Å². The van der Waals surface area contributed by atoms with Crippen molar-refractivity contribution in [2.75, 3.05) is 26.3 Å². The van der Waals surface area contributed by atoms with Gasteiger partial charge in [0.15, 0.2) is 0 Å². The van der Waals surface area contributed by atoms with E-state index in [0.717, 1.165) is 25.2 Å². The molecule has 94 valence electrons. The number of ether oxygens (including phenoxy) is 1. The summed E-state index contributed by atoms with van der Waals surface area (Å²) in [4.78, 5) is 2.67. The number of nitrogens with zero attached hydrogens (tertiary/aromatic N) is 1. The lowest BCUT2D eigenvalue weighted by Crippen LogP contribution is -2.44. The molecule has 3 nitrogen and oxygen atoms in total. The molecule has 2 atom stereocenters. The molecule has 2 saturated heterocycles. The highest BCUT2D eigenvalue weighted by molar-refractivity contribution is 4.82. The zero-order valence-corrected chi connectivity index (χ0v) is 10.5. The molecule has 3 heteroatoms. The average molecular weight is 226 g/mol. The predicted octanol–water partition coefficient (Wildman–Crippen LogP) is 1.61. The van der Waals surface area contributed by atoms with Crippen LogP contribution in [-0.4, -0.2) is 43.3 Å². The van der Waals surface area contributed by atoms with Gasteiger partial charge in [-0.25, -0.2) is 0 Å². The SMILES string of the molecule is CC(N)C1CCN(C2CCCOCC2)CC1. The lowest BCUT2D eigenvalue weighted by molar-refractivity contribution is 0.102. The van der Waals surface area contributed by atoms with Gasteiger partial charge < -0.3 is 15.4 Å². The molecule has 0 bridgehead atoms. The zero-order valence-electron chi connectivity index (χ0n) is 10.5. The molecule has 0 saturated carbocycles. The fourth-order valence-electron chi connectivity index (χ4n) is 3.06. The first-order chi connectivity index (χ1) is 7.77. The fourth-order valence-corrected chi connectivity index (χ4v) is 3.06. The second-order valence-corrected chi connectivity index (χ2v) is 5.43. The third-order valence-corrected chi connectivity index (χ3v) is 4.26. The summed E-state index contributed by atoms with van der Waals surface area (Å²) in [5, 5.41) is 0. The first-order valence-electron chi connectivity index (χ1n) is 6.85. The van der Waals surface area contributed by atoms with Crippen LogP contribution in [0.25, 0.3) is 0 Å². The maximum Gasteiger partial charge on any atom is 0.0480 e. The minimum Gasteiger partial charge on any atom is -0.381 e. The highest BCUT2D eigenvalue weighted by atomic mass is 16.5. The van der Waals surface area contributed by atoms with E-state index < -0.39 is 0 Å². The Labute approximate surface area is 99.3 Å². The monoisotopic (exact) mass is 226 g/mol. The number of hydrogen-bond acceptors (Lipinski definition) is 3. The van der Waals surface area contributed by atoms with Crippen LogP contribution in [0.3, 0.4) is 0 Å². The maximum atomic E-state index is 5.98. The molecule has 0 spiro atoms. The molecule has 2 heterocycles. The minimum absolute atomic E-state index is 0.375. The molecule has 2 fully saturated rings. The van der Waals surface area contributed by atoms with Crippen molar-refractivity contribution in [3.8, 4) is 0 Å². The Hall–Kier alpha value is -0.120. The fraction of sp³-hybridized carbons (Fsp3) is 1.00. The third-order valence-electron chi connectivity index (χ3n) is 4.26. The largest absolute Gasteiger partial charge is 0.381 e. The summed E-state index contributed by atoms with van der Waals surface area (Å²) in [6.45, 7) is 6.57. The normalized spacial score (nSPS) is 32.2. The van der Waals surface area contributed by atoms with Crippen LogP contribution in [0.5, 0.6) is 0 Å². The Morgan fingerprint density at radius 3 is 2.56 bits per heavy atom. The highest BCUT2D eigenvalue weighted by Crippen LogP contribution is 2.24. The number of likely N-dealkylation sites (tertiary alicyclic amines) is 1. The Balaban J connectivity index is 1.78. The van der Waals surface area contributed by atoms with Crippen molar-refractivity contribution in [3.05, 3.63) is 0 Å². The van der Waals surface area contributed by atoms with Gasteiger partial charge in [-0.2, -0.15) is 0 Å². The highest BCUT2D eigenvalue weighted by Gasteiger charge is 2.26. The first-order valence-corrected chi connectivity index (χ1v) is 6.85. The van der Waals surface area contributed by atoms with Crippen LogP contribution < -0.4 is 5.73 Å². The Morgan fingerprint density at radius 1 is 1.12 bits per heavy atom. The van der Waals surface area contributed by atoms with E-state index in [1.165, 1.54) is 45.2 Å². The molecule has 16 heavy (non-hydrogen) atoms. The van der Waals surface area contributed by atoms with Gasteiger partial charge in [0.2, 0.25) is 0 Å². The molecule has 0 aromatic rings. The van der Waals surface area contributed by atoms with Crippen molar-refractivity contribution in [1.29, 1.82) is 0 Å². The van der Waals surface area contributed by atoms with Crippen LogP contribution in [0.2, 0.25) is 0 Å². The van der Waals surface area contributed by atoms with Crippen molar-refractivity contribution in [2.45, 2.75) is 51.1 Å². The van der Waals surface area contributed by atoms with Crippen LogP contribution in [0.1, 0.15) is 39.0 Å². The number of nitrogens with two attached hydrogens (primary N) is 1. The van der Waals surface area contributed by atoms with Gasteiger partial charge in [0.1, 0.15) is 0 Å². The summed E-state index contributed by atoms with van der Waals surface area (Å²) in [5.41, 5.74) is 5.98. The van der Waals surface area contributed by atoms with Crippen LogP contribution in [0, 0.1) is 5.92 Å². The first kappa shape index (κ1) is 12.3. The Kier molecular flexibility index (Phi) is 4.62. The summed E-state index contributed by atoms with van der Waals surface area (Å²) < 4.78 is 5.53. The third kappa shape index (κ3) is 3.19. The molecule has 0 aromatic carbocycles. The Morgan fingerprint density at radius 2 is 1.88 bits per heavy atom. The van der Waals surface area contributed by atoms with Crippen molar-refractivity contribution in [1.82, 2.24) is 4.90 Å². The van der Waals surface area contributed by atoms with Crippen LogP contribution in [-0.2, 0) is 4.74 Å². The van der Waals surface area contributed by atoms with Gasteiger partial charge in [-0.3, -0.25) is 0 Å². The lowest BCUT2D eigenvalue weighted by Gasteiger charge is -2.38. The van der Waals surface area contributed by atoms with Crippen molar-refractivity contribution in [2.24, 2.45) is 11.7 Å². The molecule has 0 amide bonds. The summed E-state index contributed by atoms with van der Waals surface area (Å²) >= 11 is 0. The number of hydrogen-bond donors (Lipinski definition) is 1. The van der Waals surface area contributed by atoms with Crippen LogP contribution in [0.4, 0.5) is 0 Å². The van der Waals surface area contributed by atoms with E-state index in [1.54, 1.807) is 0 Å². The summed E-state index contributed by atoms with van der Waals surface area (Å²) in [7, 11) is 0. The van der Waals surface area contributed by atoms with Crippen LogP contribution in [0.15, 0.2) is 0 Å². The maximum absolute atomic E-state index is 5.98. The van der Waals surface area contributed by atoms with Crippen molar-refractivity contribution < 1.29 is 4.74 Å². The molecule has 2 aliphatic heterocycles. The van der Waals surface area contributed by atoms with E-state index >= 15 is 0 Å². The second-order valence-electron chi connectivity index (χ2n) is 5.43. The smallest absolute Gasteiger partial charge is 0.0480 e. The van der Waals surface area contributed by atoms with Crippen LogP contribution >= 0.6 is 0 Å². The van der Waals surface area contributed by atoms with E-state index in [-0.39, 0.29) is 0 Å². The number of rotatable bonds is 2. The van der Waals surface area contributed by atoms with Gasteiger partial charge in [0.25, 0.3) is 0 Å². The molecule has 2 rings (SSSR count). The second kappa shape index (κ2) is 5.99. The van der Waals surface area contributed by atoms with Gasteiger partial charge in [-0.15, -0.1) is 0 Å². The molecule has 2 N–H and O–H groups in total. The van der Waals surface area contributed by atoms with Gasteiger partial charge in [0, 0.05) is 25.3 Å². The van der Waals surface area contributed by atoms with E-state index in [4.69, 9.17) is 10.5 Å². The van der Waals surface area contributed by atoms with Crippen molar-refractivity contribution in [3.63, 3.8) is 0 Å². The lowest BCUT2D eigenvalue weighted by atomic mass is 9.89. The van der Waals surface area contributed by atoms with E-state index in [2.05, 4.69) is 11.8 Å². The zero-order chi connectivity index (χ0) is 11.4. The molecule has 0 aliphatic carbocycles. The molecular weight excluding hydrogens is 200 g/mol. The molecule has 2 aliphatic rings. The van der Waals surface area contributed by atoms with E-state index in [9.17, 15) is 0 Å². The van der Waals surface area contributed by atoms with E-state index in [0.29, 0.717) is 6.04 Å². The van der Waals surface area contributed by atoms with Gasteiger partial charge in [-0.1, -0.05) is 0 Å².